The summed E-state index contributed by atoms with van der Waals surface area (Å²) in [4.78, 5) is 20.3. The molecule has 0 spiro atoms. The highest BCUT2D eigenvalue weighted by atomic mass is 32.1. The van der Waals surface area contributed by atoms with E-state index in [1.807, 2.05) is 5.38 Å². The van der Waals surface area contributed by atoms with Crippen molar-refractivity contribution >= 4 is 33.7 Å². The number of carbonyl (C=O) groups excluding carboxylic acids is 1. The summed E-state index contributed by atoms with van der Waals surface area (Å²) < 4.78 is 0. The van der Waals surface area contributed by atoms with Crippen LogP contribution in [0.3, 0.4) is 0 Å². The number of benzene rings is 1. The Balaban J connectivity index is 1.75. The van der Waals surface area contributed by atoms with Crippen LogP contribution >= 0.6 is 22.7 Å². The van der Waals surface area contributed by atoms with Gasteiger partial charge in [0.25, 0.3) is 5.91 Å². The maximum atomic E-state index is 11.9. The van der Waals surface area contributed by atoms with E-state index in [1.165, 1.54) is 28.2 Å². The minimum Gasteiger partial charge on any atom is -0.296 e. The van der Waals surface area contributed by atoms with Gasteiger partial charge in [0.15, 0.2) is 5.13 Å². The van der Waals surface area contributed by atoms with Crippen molar-refractivity contribution in [1.82, 2.24) is 9.97 Å². The molecule has 2 heterocycles. The number of nitrogens with one attached hydrogen (secondary N) is 1. The average molecular weight is 315 g/mol. The zero-order valence-electron chi connectivity index (χ0n) is 11.4. The fourth-order valence-electron chi connectivity index (χ4n) is 1.86. The van der Waals surface area contributed by atoms with E-state index in [0.29, 0.717) is 10.8 Å². The molecule has 2 aromatic heterocycles. The summed E-state index contributed by atoms with van der Waals surface area (Å²) in [6.07, 6.45) is 1.02. The van der Waals surface area contributed by atoms with E-state index in [9.17, 15) is 4.79 Å². The van der Waals surface area contributed by atoms with E-state index < -0.39 is 0 Å². The molecule has 0 unspecified atom stereocenters. The molecule has 0 saturated carbocycles. The molecule has 1 aromatic carbocycles. The van der Waals surface area contributed by atoms with Crippen LogP contribution in [-0.4, -0.2) is 15.9 Å². The van der Waals surface area contributed by atoms with Crippen molar-refractivity contribution < 1.29 is 4.79 Å². The fraction of sp³-hybridized carbons (Fsp3) is 0.133. The molecule has 0 aliphatic carbocycles. The molecule has 0 fully saturated rings. The Morgan fingerprint density at radius 2 is 2.05 bits per heavy atom. The first-order valence-corrected chi connectivity index (χ1v) is 8.33. The van der Waals surface area contributed by atoms with E-state index in [-0.39, 0.29) is 5.91 Å². The van der Waals surface area contributed by atoms with Crippen LogP contribution < -0.4 is 5.32 Å². The lowest BCUT2D eigenvalue weighted by Crippen LogP contribution is -2.11. The molecule has 21 heavy (non-hydrogen) atoms. The summed E-state index contributed by atoms with van der Waals surface area (Å²) in [5.74, 6) is -0.224. The molecule has 3 aromatic rings. The number of carbonyl (C=O) groups is 1. The van der Waals surface area contributed by atoms with Crippen molar-refractivity contribution in [1.29, 1.82) is 0 Å². The van der Waals surface area contributed by atoms with Gasteiger partial charge < -0.3 is 0 Å². The zero-order chi connectivity index (χ0) is 14.7. The SMILES string of the molecule is CCc1ccc(-c2csc(NC(=O)c3cscn3)n2)cc1. The van der Waals surface area contributed by atoms with Gasteiger partial charge in [-0.25, -0.2) is 9.97 Å². The van der Waals surface area contributed by atoms with Crippen molar-refractivity contribution in [3.8, 4) is 11.3 Å². The van der Waals surface area contributed by atoms with Gasteiger partial charge in [-0.1, -0.05) is 31.2 Å². The molecular weight excluding hydrogens is 302 g/mol. The Kier molecular flexibility index (Phi) is 4.08. The van der Waals surface area contributed by atoms with Gasteiger partial charge in [0.2, 0.25) is 0 Å². The predicted molar refractivity (Wildman–Crippen MR) is 87.0 cm³/mol. The summed E-state index contributed by atoms with van der Waals surface area (Å²) in [6, 6.07) is 8.31. The minimum atomic E-state index is -0.224. The third-order valence-electron chi connectivity index (χ3n) is 3.05. The third-order valence-corrected chi connectivity index (χ3v) is 4.39. The lowest BCUT2D eigenvalue weighted by molar-refractivity contribution is 0.102. The van der Waals surface area contributed by atoms with Crippen molar-refractivity contribution in [3.63, 3.8) is 0 Å². The van der Waals surface area contributed by atoms with Gasteiger partial charge in [0.05, 0.1) is 11.2 Å². The highest BCUT2D eigenvalue weighted by Crippen LogP contribution is 2.25. The van der Waals surface area contributed by atoms with E-state index in [0.717, 1.165) is 17.7 Å². The number of hydrogen-bond donors (Lipinski definition) is 1. The maximum absolute atomic E-state index is 11.9. The van der Waals surface area contributed by atoms with Gasteiger partial charge in [0, 0.05) is 16.3 Å². The Morgan fingerprint density at radius 3 is 2.71 bits per heavy atom. The first-order chi connectivity index (χ1) is 10.3. The Morgan fingerprint density at radius 1 is 1.24 bits per heavy atom. The lowest BCUT2D eigenvalue weighted by Gasteiger charge is -2.00. The number of aryl methyl sites for hydroxylation is 1. The van der Waals surface area contributed by atoms with Crippen LogP contribution in [0.25, 0.3) is 11.3 Å². The summed E-state index contributed by atoms with van der Waals surface area (Å²) in [7, 11) is 0. The van der Waals surface area contributed by atoms with E-state index >= 15 is 0 Å². The molecular formula is C15H13N3OS2. The number of thiazole rings is 2. The molecule has 0 saturated heterocycles. The Hall–Kier alpha value is -2.05. The monoisotopic (exact) mass is 315 g/mol. The number of hydrogen-bond acceptors (Lipinski definition) is 5. The number of rotatable bonds is 4. The maximum Gasteiger partial charge on any atom is 0.276 e. The fourth-order valence-corrected chi connectivity index (χ4v) is 3.11. The summed E-state index contributed by atoms with van der Waals surface area (Å²) >= 11 is 2.81. The normalized spacial score (nSPS) is 10.5. The predicted octanol–water partition coefficient (Wildman–Crippen LogP) is 4.08. The van der Waals surface area contributed by atoms with Crippen molar-refractivity contribution in [3.05, 3.63) is 51.8 Å². The molecule has 4 nitrogen and oxygen atoms in total. The highest BCUT2D eigenvalue weighted by Gasteiger charge is 2.11. The summed E-state index contributed by atoms with van der Waals surface area (Å²) in [6.45, 7) is 2.13. The van der Waals surface area contributed by atoms with Gasteiger partial charge >= 0.3 is 0 Å². The number of anilines is 1. The lowest BCUT2D eigenvalue weighted by atomic mass is 10.1. The summed E-state index contributed by atoms with van der Waals surface area (Å²) in [5.41, 5.74) is 5.28. The standard InChI is InChI=1S/C15H13N3OS2/c1-2-10-3-5-11(6-4-10)12-8-21-15(17-12)18-14(19)13-7-20-9-16-13/h3-9H,2H2,1H3,(H,17,18,19). The van der Waals surface area contributed by atoms with Gasteiger partial charge in [-0.05, 0) is 12.0 Å². The number of amides is 1. The molecule has 106 valence electrons. The quantitative estimate of drug-likeness (QED) is 0.789. The smallest absolute Gasteiger partial charge is 0.276 e. The van der Waals surface area contributed by atoms with E-state index in [2.05, 4.69) is 46.5 Å². The molecule has 1 amide bonds. The van der Waals surface area contributed by atoms with Gasteiger partial charge in [0.1, 0.15) is 5.69 Å². The molecule has 0 atom stereocenters. The van der Waals surface area contributed by atoms with Crippen LogP contribution in [0.15, 0.2) is 40.5 Å². The van der Waals surface area contributed by atoms with Crippen molar-refractivity contribution in [2.45, 2.75) is 13.3 Å². The molecule has 0 aliphatic rings. The van der Waals surface area contributed by atoms with Crippen LogP contribution in [0.2, 0.25) is 0 Å². The minimum absolute atomic E-state index is 0.224. The number of nitrogens with zero attached hydrogens (tertiary/aromatic N) is 2. The Labute approximate surface area is 130 Å². The van der Waals surface area contributed by atoms with Gasteiger partial charge in [-0.2, -0.15) is 0 Å². The molecule has 0 radical (unpaired) electrons. The molecule has 6 heteroatoms. The first kappa shape index (κ1) is 13.9. The molecule has 0 aliphatic heterocycles. The van der Waals surface area contributed by atoms with Crippen LogP contribution in [0, 0.1) is 0 Å². The van der Waals surface area contributed by atoms with Crippen LogP contribution in [-0.2, 0) is 6.42 Å². The largest absolute Gasteiger partial charge is 0.296 e. The zero-order valence-corrected chi connectivity index (χ0v) is 13.0. The second kappa shape index (κ2) is 6.15. The van der Waals surface area contributed by atoms with Crippen molar-refractivity contribution in [2.75, 3.05) is 5.32 Å². The molecule has 3 rings (SSSR count). The second-order valence-electron chi connectivity index (χ2n) is 4.42. The number of aromatic nitrogens is 2. The van der Waals surface area contributed by atoms with Gasteiger partial charge in [-0.3, -0.25) is 10.1 Å². The third kappa shape index (κ3) is 3.17. The second-order valence-corrected chi connectivity index (χ2v) is 5.99. The van der Waals surface area contributed by atoms with Gasteiger partial charge in [-0.15, -0.1) is 22.7 Å². The molecule has 0 bridgehead atoms. The van der Waals surface area contributed by atoms with Crippen molar-refractivity contribution in [2.24, 2.45) is 0 Å². The van der Waals surface area contributed by atoms with E-state index in [1.54, 1.807) is 10.9 Å². The van der Waals surface area contributed by atoms with Crippen LogP contribution in [0.5, 0.6) is 0 Å². The summed E-state index contributed by atoms with van der Waals surface area (Å²) in [5, 5.41) is 7.01. The van der Waals surface area contributed by atoms with E-state index in [4.69, 9.17) is 0 Å². The van der Waals surface area contributed by atoms with Crippen LogP contribution in [0.4, 0.5) is 5.13 Å². The molecule has 1 N–H and O–H groups in total. The highest BCUT2D eigenvalue weighted by molar-refractivity contribution is 7.14. The van der Waals surface area contributed by atoms with Crippen LogP contribution in [0.1, 0.15) is 23.0 Å². The first-order valence-electron chi connectivity index (χ1n) is 6.50. The average Bonchev–Trinajstić information content (AvgIpc) is 3.19. The topological polar surface area (TPSA) is 54.9 Å². The Bertz CT molecular complexity index is 733.